The Kier molecular flexibility index (Phi) is 9.67. The maximum absolute atomic E-state index is 6.06. The summed E-state index contributed by atoms with van der Waals surface area (Å²) in [7, 11) is 2.04. The lowest BCUT2D eigenvalue weighted by atomic mass is 10.1. The van der Waals surface area contributed by atoms with Crippen molar-refractivity contribution < 1.29 is 14.2 Å². The molecular weight excluding hydrogens is 390 g/mol. The topological polar surface area (TPSA) is 55.3 Å². The Bertz CT molecular complexity index is 792. The van der Waals surface area contributed by atoms with Crippen LogP contribution in [0.2, 0.25) is 0 Å². The van der Waals surface area contributed by atoms with Gasteiger partial charge in [0.25, 0.3) is 0 Å². The fourth-order valence-electron chi connectivity index (χ4n) is 3.43. The van der Waals surface area contributed by atoms with Gasteiger partial charge in [-0.2, -0.15) is 0 Å². The number of aliphatic imine (C=N–C) groups is 1. The summed E-state index contributed by atoms with van der Waals surface area (Å²) in [5.74, 6) is 1.76. The Morgan fingerprint density at radius 2 is 1.87 bits per heavy atom. The van der Waals surface area contributed by atoms with Gasteiger partial charge in [-0.25, -0.2) is 4.99 Å². The minimum absolute atomic E-state index is 0.308. The smallest absolute Gasteiger partial charge is 0.194 e. The van der Waals surface area contributed by atoms with Crippen molar-refractivity contribution in [3.63, 3.8) is 0 Å². The molecule has 31 heavy (non-hydrogen) atoms. The zero-order chi connectivity index (χ0) is 21.7. The Balaban J connectivity index is 1.50. The molecule has 1 saturated heterocycles. The third-order valence-corrected chi connectivity index (χ3v) is 5.19. The zero-order valence-electron chi connectivity index (χ0n) is 18.8. The Labute approximate surface area is 186 Å². The van der Waals surface area contributed by atoms with Crippen molar-refractivity contribution in [1.29, 1.82) is 0 Å². The van der Waals surface area contributed by atoms with Gasteiger partial charge in [-0.15, -0.1) is 0 Å². The van der Waals surface area contributed by atoms with Crippen LogP contribution in [0.1, 0.15) is 30.9 Å². The van der Waals surface area contributed by atoms with Crippen molar-refractivity contribution in [2.45, 2.75) is 39.0 Å². The monoisotopic (exact) mass is 425 g/mol. The van der Waals surface area contributed by atoms with Crippen molar-refractivity contribution in [2.75, 3.05) is 40.0 Å². The SMILES string of the molecule is CCNC(=NCc1cccc(COC2CCOCC2)c1)N(C)CCOc1ccccc1. The molecular formula is C25H35N3O3. The average molecular weight is 426 g/mol. The van der Waals surface area contributed by atoms with Crippen LogP contribution in [0.25, 0.3) is 0 Å². The fourth-order valence-corrected chi connectivity index (χ4v) is 3.43. The zero-order valence-corrected chi connectivity index (χ0v) is 18.8. The largest absolute Gasteiger partial charge is 0.492 e. The van der Waals surface area contributed by atoms with Gasteiger partial charge in [0.05, 0.1) is 25.8 Å². The number of hydrogen-bond acceptors (Lipinski definition) is 4. The minimum atomic E-state index is 0.308. The van der Waals surface area contributed by atoms with Crippen LogP contribution < -0.4 is 10.1 Å². The molecule has 0 atom stereocenters. The summed E-state index contributed by atoms with van der Waals surface area (Å²) < 4.78 is 17.3. The van der Waals surface area contributed by atoms with E-state index in [2.05, 4.69) is 41.4 Å². The second kappa shape index (κ2) is 13.0. The van der Waals surface area contributed by atoms with Gasteiger partial charge < -0.3 is 24.4 Å². The van der Waals surface area contributed by atoms with Crippen LogP contribution in [0.5, 0.6) is 5.75 Å². The Morgan fingerprint density at radius 3 is 2.65 bits per heavy atom. The first-order valence-corrected chi connectivity index (χ1v) is 11.2. The Hall–Kier alpha value is -2.57. The summed E-state index contributed by atoms with van der Waals surface area (Å²) in [5.41, 5.74) is 2.37. The first-order chi connectivity index (χ1) is 15.2. The molecule has 0 saturated carbocycles. The van der Waals surface area contributed by atoms with E-state index in [-0.39, 0.29) is 0 Å². The highest BCUT2D eigenvalue weighted by Crippen LogP contribution is 2.15. The van der Waals surface area contributed by atoms with Crippen LogP contribution in [-0.4, -0.2) is 56.9 Å². The van der Waals surface area contributed by atoms with Crippen LogP contribution >= 0.6 is 0 Å². The van der Waals surface area contributed by atoms with Gasteiger partial charge in [-0.1, -0.05) is 42.5 Å². The molecule has 1 heterocycles. The maximum atomic E-state index is 6.06. The summed E-state index contributed by atoms with van der Waals surface area (Å²) >= 11 is 0. The van der Waals surface area contributed by atoms with E-state index < -0.39 is 0 Å². The van der Waals surface area contributed by atoms with Crippen molar-refractivity contribution in [3.05, 3.63) is 65.7 Å². The molecule has 2 aromatic rings. The third kappa shape index (κ3) is 8.23. The van der Waals surface area contributed by atoms with E-state index >= 15 is 0 Å². The van der Waals surface area contributed by atoms with Gasteiger partial charge in [-0.05, 0) is 43.0 Å². The molecule has 168 valence electrons. The summed E-state index contributed by atoms with van der Waals surface area (Å²) in [6, 6.07) is 18.4. The third-order valence-electron chi connectivity index (χ3n) is 5.19. The normalized spacial score (nSPS) is 15.0. The molecule has 0 radical (unpaired) electrons. The van der Waals surface area contributed by atoms with Crippen LogP contribution in [0, 0.1) is 0 Å². The minimum Gasteiger partial charge on any atom is -0.492 e. The number of likely N-dealkylation sites (N-methyl/N-ethyl adjacent to an activating group) is 1. The molecule has 0 bridgehead atoms. The molecule has 0 spiro atoms. The lowest BCUT2D eigenvalue weighted by molar-refractivity contribution is -0.0390. The molecule has 0 unspecified atom stereocenters. The van der Waals surface area contributed by atoms with E-state index in [0.717, 1.165) is 50.9 Å². The molecule has 0 aromatic heterocycles. The van der Waals surface area contributed by atoms with E-state index in [4.69, 9.17) is 19.2 Å². The molecule has 6 nitrogen and oxygen atoms in total. The average Bonchev–Trinajstić information content (AvgIpc) is 2.82. The summed E-state index contributed by atoms with van der Waals surface area (Å²) in [4.78, 5) is 6.92. The molecule has 3 rings (SSSR count). The number of nitrogens with one attached hydrogen (secondary N) is 1. The number of rotatable bonds is 10. The quantitative estimate of drug-likeness (QED) is 0.463. The number of para-hydroxylation sites is 1. The summed E-state index contributed by atoms with van der Waals surface area (Å²) in [5, 5.41) is 3.37. The number of nitrogens with zero attached hydrogens (tertiary/aromatic N) is 2. The second-order valence-electron chi connectivity index (χ2n) is 7.70. The number of benzene rings is 2. The lowest BCUT2D eigenvalue weighted by Crippen LogP contribution is -2.40. The molecule has 0 aliphatic carbocycles. The number of hydrogen-bond donors (Lipinski definition) is 1. The highest BCUT2D eigenvalue weighted by Gasteiger charge is 2.14. The van der Waals surface area contributed by atoms with Crippen LogP contribution in [0.3, 0.4) is 0 Å². The predicted octanol–water partition coefficient (Wildman–Crippen LogP) is 3.86. The van der Waals surface area contributed by atoms with Crippen molar-refractivity contribution in [3.8, 4) is 5.75 Å². The van der Waals surface area contributed by atoms with Crippen molar-refractivity contribution >= 4 is 5.96 Å². The fraction of sp³-hybridized carbons (Fsp3) is 0.480. The van der Waals surface area contributed by atoms with Gasteiger partial charge in [0.1, 0.15) is 12.4 Å². The molecule has 1 aliphatic rings. The lowest BCUT2D eigenvalue weighted by Gasteiger charge is -2.22. The van der Waals surface area contributed by atoms with E-state index in [9.17, 15) is 0 Å². The van der Waals surface area contributed by atoms with Gasteiger partial charge in [-0.3, -0.25) is 0 Å². The molecule has 1 aliphatic heterocycles. The first kappa shape index (κ1) is 23.1. The number of ether oxygens (including phenoxy) is 3. The maximum Gasteiger partial charge on any atom is 0.194 e. The van der Waals surface area contributed by atoms with E-state index in [0.29, 0.717) is 25.9 Å². The molecule has 2 aromatic carbocycles. The molecule has 1 N–H and O–H groups in total. The number of guanidine groups is 1. The molecule has 6 heteroatoms. The predicted molar refractivity (Wildman–Crippen MR) is 124 cm³/mol. The van der Waals surface area contributed by atoms with E-state index in [1.54, 1.807) is 0 Å². The first-order valence-electron chi connectivity index (χ1n) is 11.2. The van der Waals surface area contributed by atoms with Gasteiger partial charge in [0.2, 0.25) is 0 Å². The summed E-state index contributed by atoms with van der Waals surface area (Å²) in [6.45, 7) is 7.12. The van der Waals surface area contributed by atoms with Crippen LogP contribution in [-0.2, 0) is 22.6 Å². The van der Waals surface area contributed by atoms with Crippen molar-refractivity contribution in [1.82, 2.24) is 10.2 Å². The van der Waals surface area contributed by atoms with E-state index in [1.165, 1.54) is 11.1 Å². The summed E-state index contributed by atoms with van der Waals surface area (Å²) in [6.07, 6.45) is 2.27. The standard InChI is InChI=1S/C25H35N3O3/c1-3-26-25(28(2)14-17-30-23-10-5-4-6-11-23)27-19-21-8-7-9-22(18-21)20-31-24-12-15-29-16-13-24/h4-11,18,24H,3,12-17,19-20H2,1-2H3,(H,26,27). The second-order valence-corrected chi connectivity index (χ2v) is 7.70. The van der Waals surface area contributed by atoms with E-state index in [1.807, 2.05) is 37.4 Å². The van der Waals surface area contributed by atoms with Gasteiger partial charge in [0.15, 0.2) is 5.96 Å². The molecule has 0 amide bonds. The van der Waals surface area contributed by atoms with Gasteiger partial charge in [0, 0.05) is 26.8 Å². The van der Waals surface area contributed by atoms with Crippen LogP contribution in [0.4, 0.5) is 0 Å². The highest BCUT2D eigenvalue weighted by atomic mass is 16.5. The highest BCUT2D eigenvalue weighted by molar-refractivity contribution is 5.79. The van der Waals surface area contributed by atoms with Gasteiger partial charge >= 0.3 is 0 Å². The molecule has 1 fully saturated rings. The van der Waals surface area contributed by atoms with Crippen LogP contribution in [0.15, 0.2) is 59.6 Å². The Morgan fingerprint density at radius 1 is 1.10 bits per heavy atom. The van der Waals surface area contributed by atoms with Crippen molar-refractivity contribution in [2.24, 2.45) is 4.99 Å².